The molecule has 1 fully saturated rings. The van der Waals surface area contributed by atoms with Crippen LogP contribution in [-0.2, 0) is 13.6 Å². The number of rotatable bonds is 4. The van der Waals surface area contributed by atoms with Crippen LogP contribution in [0.1, 0.15) is 36.9 Å². The highest BCUT2D eigenvalue weighted by molar-refractivity contribution is 5.48. The lowest BCUT2D eigenvalue weighted by molar-refractivity contribution is 0.258. The molecule has 0 bridgehead atoms. The average Bonchev–Trinajstić information content (AvgIpc) is 3.28. The number of hydrogen-bond acceptors (Lipinski definition) is 4. The van der Waals surface area contributed by atoms with Crippen molar-refractivity contribution < 1.29 is 4.42 Å². The molecule has 0 spiro atoms. The molecule has 3 aromatic rings. The summed E-state index contributed by atoms with van der Waals surface area (Å²) in [5, 5.41) is 8.53. The summed E-state index contributed by atoms with van der Waals surface area (Å²) >= 11 is 0. The number of nitrogens with zero attached hydrogens (tertiary/aromatic N) is 4. The fourth-order valence-corrected chi connectivity index (χ4v) is 4.06. The molecule has 5 nitrogen and oxygen atoms in total. The van der Waals surface area contributed by atoms with Crippen LogP contribution in [0.3, 0.4) is 0 Å². The molecule has 136 valence electrons. The fourth-order valence-electron chi connectivity index (χ4n) is 4.06. The molecule has 1 atom stereocenters. The van der Waals surface area contributed by atoms with Gasteiger partial charge in [-0.1, -0.05) is 44.2 Å². The van der Waals surface area contributed by atoms with Gasteiger partial charge < -0.3 is 8.98 Å². The fraction of sp³-hybridized carbons (Fsp3) is 0.429. The highest BCUT2D eigenvalue weighted by atomic mass is 16.4. The van der Waals surface area contributed by atoms with Crippen LogP contribution in [0.15, 0.2) is 46.9 Å². The van der Waals surface area contributed by atoms with Gasteiger partial charge in [0.15, 0.2) is 0 Å². The molecule has 1 aliphatic heterocycles. The van der Waals surface area contributed by atoms with E-state index >= 15 is 0 Å². The Kier molecular flexibility index (Phi) is 4.19. The second kappa shape index (κ2) is 6.40. The molecule has 3 heterocycles. The normalized spacial score (nSPS) is 19.9. The van der Waals surface area contributed by atoms with Crippen LogP contribution in [0.25, 0.3) is 11.6 Å². The quantitative estimate of drug-likeness (QED) is 0.713. The van der Waals surface area contributed by atoms with Crippen LogP contribution in [0.4, 0.5) is 0 Å². The maximum absolute atomic E-state index is 5.95. The first-order valence-corrected chi connectivity index (χ1v) is 9.16. The first-order chi connectivity index (χ1) is 12.4. The van der Waals surface area contributed by atoms with E-state index in [1.165, 1.54) is 11.3 Å². The van der Waals surface area contributed by atoms with Gasteiger partial charge in [-0.25, -0.2) is 0 Å². The van der Waals surface area contributed by atoms with Crippen LogP contribution >= 0.6 is 0 Å². The van der Waals surface area contributed by atoms with E-state index in [1.807, 2.05) is 13.1 Å². The Morgan fingerprint density at radius 2 is 1.88 bits per heavy atom. The minimum absolute atomic E-state index is 0.222. The van der Waals surface area contributed by atoms with Gasteiger partial charge in [0.05, 0.1) is 6.54 Å². The van der Waals surface area contributed by atoms with Gasteiger partial charge >= 0.3 is 0 Å². The van der Waals surface area contributed by atoms with Crippen molar-refractivity contribution in [3.05, 3.63) is 59.6 Å². The van der Waals surface area contributed by atoms with Gasteiger partial charge in [0, 0.05) is 31.7 Å². The highest BCUT2D eigenvalue weighted by Gasteiger charge is 2.40. The zero-order valence-corrected chi connectivity index (χ0v) is 15.9. The van der Waals surface area contributed by atoms with Crippen molar-refractivity contribution in [1.29, 1.82) is 0 Å². The number of benzene rings is 1. The highest BCUT2D eigenvalue weighted by Crippen LogP contribution is 2.42. The van der Waals surface area contributed by atoms with E-state index in [1.54, 1.807) is 0 Å². The van der Waals surface area contributed by atoms with Crippen molar-refractivity contribution in [1.82, 2.24) is 19.7 Å². The van der Waals surface area contributed by atoms with E-state index < -0.39 is 0 Å². The third-order valence-electron chi connectivity index (χ3n) is 5.63. The maximum atomic E-state index is 5.95. The van der Waals surface area contributed by atoms with E-state index in [0.717, 1.165) is 18.8 Å². The molecule has 0 amide bonds. The number of aryl methyl sites for hydroxylation is 1. The molecule has 0 unspecified atom stereocenters. The summed E-state index contributed by atoms with van der Waals surface area (Å²) in [5.74, 6) is 1.79. The van der Waals surface area contributed by atoms with Crippen LogP contribution in [0.2, 0.25) is 0 Å². The molecule has 0 saturated carbocycles. The average molecular weight is 350 g/mol. The third kappa shape index (κ3) is 3.07. The standard InChI is InChI=1S/C21H26N4O/c1-15-10-11-18(24(15)4)20-23-22-19(26-20)13-25-12-17(21(2,3)14-25)16-8-6-5-7-9-16/h5-11,17H,12-14H2,1-4H3/t17-/m1/s1. The van der Waals surface area contributed by atoms with Gasteiger partial charge in [-0.3, -0.25) is 4.90 Å². The summed E-state index contributed by atoms with van der Waals surface area (Å²) < 4.78 is 8.02. The van der Waals surface area contributed by atoms with Gasteiger partial charge in [0.25, 0.3) is 5.89 Å². The molecular formula is C21H26N4O. The van der Waals surface area contributed by atoms with Crippen molar-refractivity contribution in [3.63, 3.8) is 0 Å². The summed E-state index contributed by atoms with van der Waals surface area (Å²) in [5.41, 5.74) is 3.77. The van der Waals surface area contributed by atoms with Gasteiger partial charge in [-0.05, 0) is 30.0 Å². The molecule has 4 rings (SSSR count). The van der Waals surface area contributed by atoms with Crippen LogP contribution in [0, 0.1) is 12.3 Å². The summed E-state index contributed by atoms with van der Waals surface area (Å²) in [6.45, 7) is 9.48. The van der Waals surface area contributed by atoms with Gasteiger partial charge in [-0.15, -0.1) is 10.2 Å². The summed E-state index contributed by atoms with van der Waals surface area (Å²) in [6, 6.07) is 14.9. The zero-order valence-electron chi connectivity index (χ0n) is 15.9. The smallest absolute Gasteiger partial charge is 0.264 e. The molecule has 2 aromatic heterocycles. The predicted octanol–water partition coefficient (Wildman–Crippen LogP) is 4.01. The molecule has 1 aromatic carbocycles. The Hall–Kier alpha value is -2.40. The van der Waals surface area contributed by atoms with E-state index in [0.29, 0.717) is 24.2 Å². The molecule has 0 N–H and O–H groups in total. The first kappa shape index (κ1) is 17.0. The van der Waals surface area contributed by atoms with Crippen molar-refractivity contribution >= 4 is 0 Å². The second-order valence-corrected chi connectivity index (χ2v) is 8.04. The Morgan fingerprint density at radius 3 is 2.58 bits per heavy atom. The molecule has 5 heteroatoms. The van der Waals surface area contributed by atoms with Crippen molar-refractivity contribution in [2.45, 2.75) is 33.2 Å². The van der Waals surface area contributed by atoms with E-state index in [9.17, 15) is 0 Å². The molecule has 1 saturated heterocycles. The molecule has 26 heavy (non-hydrogen) atoms. The first-order valence-electron chi connectivity index (χ1n) is 9.16. The molecule has 0 aliphatic carbocycles. The Labute approximate surface area is 154 Å². The summed E-state index contributed by atoms with van der Waals surface area (Å²) in [7, 11) is 2.02. The largest absolute Gasteiger partial charge is 0.418 e. The van der Waals surface area contributed by atoms with E-state index in [-0.39, 0.29) is 5.41 Å². The minimum atomic E-state index is 0.222. The monoisotopic (exact) mass is 350 g/mol. The van der Waals surface area contributed by atoms with Crippen LogP contribution in [-0.4, -0.2) is 32.8 Å². The summed E-state index contributed by atoms with van der Waals surface area (Å²) in [6.07, 6.45) is 0. The van der Waals surface area contributed by atoms with Crippen molar-refractivity contribution in [3.8, 4) is 11.6 Å². The molecule has 0 radical (unpaired) electrons. The zero-order chi connectivity index (χ0) is 18.3. The van der Waals surface area contributed by atoms with Gasteiger partial charge in [0.1, 0.15) is 5.69 Å². The predicted molar refractivity (Wildman–Crippen MR) is 102 cm³/mol. The topological polar surface area (TPSA) is 47.1 Å². The third-order valence-corrected chi connectivity index (χ3v) is 5.63. The lowest BCUT2D eigenvalue weighted by atomic mass is 9.78. The lowest BCUT2D eigenvalue weighted by Gasteiger charge is -2.26. The Bertz CT molecular complexity index is 894. The second-order valence-electron chi connectivity index (χ2n) is 8.04. The molecule has 1 aliphatic rings. The van der Waals surface area contributed by atoms with Crippen LogP contribution in [0.5, 0.6) is 0 Å². The van der Waals surface area contributed by atoms with E-state index in [2.05, 4.69) is 76.8 Å². The Balaban J connectivity index is 1.50. The van der Waals surface area contributed by atoms with Gasteiger partial charge in [-0.2, -0.15) is 0 Å². The summed E-state index contributed by atoms with van der Waals surface area (Å²) in [4.78, 5) is 2.42. The van der Waals surface area contributed by atoms with Crippen molar-refractivity contribution in [2.24, 2.45) is 12.5 Å². The number of likely N-dealkylation sites (tertiary alicyclic amines) is 1. The maximum Gasteiger partial charge on any atom is 0.264 e. The lowest BCUT2D eigenvalue weighted by Crippen LogP contribution is -2.23. The molecular weight excluding hydrogens is 324 g/mol. The number of hydrogen-bond donors (Lipinski definition) is 0. The van der Waals surface area contributed by atoms with E-state index in [4.69, 9.17) is 4.42 Å². The Morgan fingerprint density at radius 1 is 1.12 bits per heavy atom. The van der Waals surface area contributed by atoms with Gasteiger partial charge in [0.2, 0.25) is 5.89 Å². The van der Waals surface area contributed by atoms with Crippen LogP contribution < -0.4 is 0 Å². The SMILES string of the molecule is Cc1ccc(-c2nnc(CN3C[C@H](c4ccccc4)C(C)(C)C3)o2)n1C. The minimum Gasteiger partial charge on any atom is -0.418 e. The number of aromatic nitrogens is 3. The van der Waals surface area contributed by atoms with Crippen molar-refractivity contribution in [2.75, 3.05) is 13.1 Å².